The van der Waals surface area contributed by atoms with Crippen LogP contribution in [0.4, 0.5) is 4.39 Å². The zero-order chi connectivity index (χ0) is 32.4. The molecular weight excluding hydrogens is 575 g/mol. The molecule has 1 N–H and O–H groups in total. The van der Waals surface area contributed by atoms with Crippen molar-refractivity contribution in [3.63, 3.8) is 0 Å². The highest BCUT2D eigenvalue weighted by Crippen LogP contribution is 2.42. The van der Waals surface area contributed by atoms with Crippen LogP contribution in [0.2, 0.25) is 0 Å². The van der Waals surface area contributed by atoms with Gasteiger partial charge in [-0.25, -0.2) is 4.39 Å². The quantitative estimate of drug-likeness (QED) is 0.130. The SMILES string of the molecule is COc1cc2c(cc1OC)C(C)N(CCCC(CCCNCC(=O)Cc1ccc(F)cc1)(c1ccccc1)c1ccccc1)CC2. The third-order valence-corrected chi connectivity index (χ3v) is 9.61. The van der Waals surface area contributed by atoms with Crippen LogP contribution >= 0.6 is 0 Å². The summed E-state index contributed by atoms with van der Waals surface area (Å²) in [6, 6.07) is 32.6. The first-order chi connectivity index (χ1) is 22.4. The molecular formula is C40H47FN2O3. The van der Waals surface area contributed by atoms with Crippen LogP contribution in [0.15, 0.2) is 97.1 Å². The van der Waals surface area contributed by atoms with E-state index in [0.717, 1.165) is 68.8 Å². The highest BCUT2D eigenvalue weighted by molar-refractivity contribution is 5.82. The van der Waals surface area contributed by atoms with Crippen LogP contribution in [0.25, 0.3) is 0 Å². The lowest BCUT2D eigenvalue weighted by Gasteiger charge is -2.39. The summed E-state index contributed by atoms with van der Waals surface area (Å²) in [5, 5.41) is 3.38. The third kappa shape index (κ3) is 8.04. The molecule has 0 radical (unpaired) electrons. The minimum Gasteiger partial charge on any atom is -0.493 e. The van der Waals surface area contributed by atoms with Crippen molar-refractivity contribution in [1.29, 1.82) is 0 Å². The van der Waals surface area contributed by atoms with E-state index in [1.807, 2.05) is 0 Å². The van der Waals surface area contributed by atoms with Gasteiger partial charge in [-0.2, -0.15) is 0 Å². The largest absolute Gasteiger partial charge is 0.493 e. The van der Waals surface area contributed by atoms with Crippen LogP contribution in [-0.2, 0) is 23.1 Å². The highest BCUT2D eigenvalue weighted by Gasteiger charge is 2.34. The molecule has 1 aliphatic rings. The fraction of sp³-hybridized carbons (Fsp3) is 0.375. The number of hydrogen-bond donors (Lipinski definition) is 1. The van der Waals surface area contributed by atoms with Gasteiger partial charge in [-0.3, -0.25) is 9.69 Å². The summed E-state index contributed by atoms with van der Waals surface area (Å²) >= 11 is 0. The van der Waals surface area contributed by atoms with Crippen molar-refractivity contribution in [2.75, 3.05) is 40.4 Å². The smallest absolute Gasteiger partial charge is 0.161 e. The number of halogens is 1. The Labute approximate surface area is 273 Å². The van der Waals surface area contributed by atoms with E-state index < -0.39 is 0 Å². The summed E-state index contributed by atoms with van der Waals surface area (Å²) in [7, 11) is 3.39. The Morgan fingerprint density at radius 2 is 1.48 bits per heavy atom. The van der Waals surface area contributed by atoms with Gasteiger partial charge in [0.25, 0.3) is 0 Å². The van der Waals surface area contributed by atoms with Gasteiger partial charge in [0.1, 0.15) is 5.82 Å². The van der Waals surface area contributed by atoms with Crippen LogP contribution in [-0.4, -0.2) is 51.1 Å². The molecule has 0 aromatic heterocycles. The van der Waals surface area contributed by atoms with Crippen molar-refractivity contribution in [1.82, 2.24) is 10.2 Å². The average molecular weight is 623 g/mol. The van der Waals surface area contributed by atoms with Crippen molar-refractivity contribution in [3.05, 3.63) is 131 Å². The Bertz CT molecular complexity index is 1500. The first kappa shape index (κ1) is 33.4. The Kier molecular flexibility index (Phi) is 11.6. The monoisotopic (exact) mass is 622 g/mol. The van der Waals surface area contributed by atoms with E-state index in [-0.39, 0.29) is 17.0 Å². The summed E-state index contributed by atoms with van der Waals surface area (Å²) in [4.78, 5) is 15.2. The lowest BCUT2D eigenvalue weighted by atomic mass is 9.68. The number of rotatable bonds is 16. The molecule has 0 bridgehead atoms. The van der Waals surface area contributed by atoms with Gasteiger partial charge in [0.2, 0.25) is 0 Å². The third-order valence-electron chi connectivity index (χ3n) is 9.61. The number of methoxy groups -OCH3 is 2. The normalized spacial score (nSPS) is 14.9. The Morgan fingerprint density at radius 3 is 2.11 bits per heavy atom. The van der Waals surface area contributed by atoms with Crippen LogP contribution in [0.3, 0.4) is 0 Å². The summed E-state index contributed by atoms with van der Waals surface area (Å²) < 4.78 is 24.4. The summed E-state index contributed by atoms with van der Waals surface area (Å²) in [6.45, 7) is 5.39. The van der Waals surface area contributed by atoms with Gasteiger partial charge in [0, 0.05) is 24.4 Å². The molecule has 46 heavy (non-hydrogen) atoms. The van der Waals surface area contributed by atoms with E-state index in [1.165, 1.54) is 34.4 Å². The lowest BCUT2D eigenvalue weighted by Crippen LogP contribution is -2.36. The highest BCUT2D eigenvalue weighted by atomic mass is 19.1. The fourth-order valence-corrected chi connectivity index (χ4v) is 7.10. The van der Waals surface area contributed by atoms with Crippen molar-refractivity contribution in [2.45, 2.75) is 56.9 Å². The standard InChI is InChI=1S/C40H47FN2O3/c1-30-37-28-39(46-3)38(45-2)27-32(37)20-25-43(30)24-11-22-40(33-12-6-4-7-13-33,34-14-8-5-9-15-34)21-10-23-42-29-36(44)26-31-16-18-35(41)19-17-31/h4-9,12-19,27-28,30,42H,10-11,20-26,29H2,1-3H3. The molecule has 6 heteroatoms. The molecule has 1 heterocycles. The number of fused-ring (bicyclic) bond motifs is 1. The van der Waals surface area contributed by atoms with Crippen LogP contribution in [0, 0.1) is 5.82 Å². The minimum atomic E-state index is -0.285. The van der Waals surface area contributed by atoms with E-state index >= 15 is 0 Å². The molecule has 1 aliphatic heterocycles. The first-order valence-corrected chi connectivity index (χ1v) is 16.5. The van der Waals surface area contributed by atoms with Gasteiger partial charge in [0.05, 0.1) is 20.8 Å². The van der Waals surface area contributed by atoms with Crippen molar-refractivity contribution < 1.29 is 18.7 Å². The van der Waals surface area contributed by atoms with E-state index in [0.29, 0.717) is 19.0 Å². The predicted molar refractivity (Wildman–Crippen MR) is 183 cm³/mol. The second-order valence-electron chi connectivity index (χ2n) is 12.4. The van der Waals surface area contributed by atoms with Gasteiger partial charge < -0.3 is 14.8 Å². The number of carbonyl (C=O) groups is 1. The number of ketones is 1. The Morgan fingerprint density at radius 1 is 0.870 bits per heavy atom. The van der Waals surface area contributed by atoms with E-state index in [1.54, 1.807) is 26.4 Å². The molecule has 0 fully saturated rings. The molecule has 4 aromatic rings. The van der Waals surface area contributed by atoms with Gasteiger partial charge in [-0.05, 0) is 104 Å². The van der Waals surface area contributed by atoms with Crippen LogP contribution in [0.5, 0.6) is 11.5 Å². The molecule has 0 saturated heterocycles. The predicted octanol–water partition coefficient (Wildman–Crippen LogP) is 7.71. The molecule has 1 unspecified atom stereocenters. The zero-order valence-corrected chi connectivity index (χ0v) is 27.4. The first-order valence-electron chi connectivity index (χ1n) is 16.5. The number of nitrogens with one attached hydrogen (secondary N) is 1. The topological polar surface area (TPSA) is 50.8 Å². The van der Waals surface area contributed by atoms with E-state index in [2.05, 4.69) is 89.9 Å². The molecule has 5 rings (SSSR count). The molecule has 242 valence electrons. The number of carbonyl (C=O) groups excluding carboxylic acids is 1. The van der Waals surface area contributed by atoms with Gasteiger partial charge in [-0.1, -0.05) is 72.8 Å². The van der Waals surface area contributed by atoms with Gasteiger partial charge in [0.15, 0.2) is 17.3 Å². The molecule has 0 amide bonds. The van der Waals surface area contributed by atoms with Gasteiger partial charge >= 0.3 is 0 Å². The summed E-state index contributed by atoms with van der Waals surface area (Å²) in [5.74, 6) is 1.40. The molecule has 4 aromatic carbocycles. The van der Waals surface area contributed by atoms with E-state index in [4.69, 9.17) is 9.47 Å². The number of hydrogen-bond acceptors (Lipinski definition) is 5. The second kappa shape index (κ2) is 16.0. The summed E-state index contributed by atoms with van der Waals surface area (Å²) in [5.41, 5.74) is 6.03. The van der Waals surface area contributed by atoms with Crippen LogP contribution in [0.1, 0.15) is 66.5 Å². The number of ether oxygens (including phenoxy) is 2. The molecule has 0 aliphatic carbocycles. The van der Waals surface area contributed by atoms with E-state index in [9.17, 15) is 9.18 Å². The van der Waals surface area contributed by atoms with Crippen LogP contribution < -0.4 is 14.8 Å². The van der Waals surface area contributed by atoms with Crippen molar-refractivity contribution in [3.8, 4) is 11.5 Å². The minimum absolute atomic E-state index is 0.109. The maximum absolute atomic E-state index is 13.2. The zero-order valence-electron chi connectivity index (χ0n) is 27.4. The summed E-state index contributed by atoms with van der Waals surface area (Å²) in [6.07, 6.45) is 5.28. The lowest BCUT2D eigenvalue weighted by molar-refractivity contribution is -0.117. The molecule has 0 saturated carbocycles. The number of Topliss-reactive ketones (excluding diaryl/α,β-unsaturated/α-hetero) is 1. The fourth-order valence-electron chi connectivity index (χ4n) is 7.10. The van der Waals surface area contributed by atoms with Crippen molar-refractivity contribution in [2.24, 2.45) is 0 Å². The van der Waals surface area contributed by atoms with Gasteiger partial charge in [-0.15, -0.1) is 0 Å². The van der Waals surface area contributed by atoms with Crippen molar-refractivity contribution >= 4 is 5.78 Å². The molecule has 1 atom stereocenters. The maximum atomic E-state index is 13.2. The average Bonchev–Trinajstić information content (AvgIpc) is 3.09. The maximum Gasteiger partial charge on any atom is 0.161 e. The molecule has 0 spiro atoms. The Hall–Kier alpha value is -4.00. The number of nitrogens with zero attached hydrogens (tertiary/aromatic N) is 1. The second-order valence-corrected chi connectivity index (χ2v) is 12.4. The Balaban J connectivity index is 1.26. The molecule has 5 nitrogen and oxygen atoms in total. The number of benzene rings is 4.